The molecule has 1 nitrogen and oxygen atoms in total. The Bertz CT molecular complexity index is 423. The lowest BCUT2D eigenvalue weighted by atomic mass is 9.87. The second-order valence-electron chi connectivity index (χ2n) is 4.28. The van der Waals surface area contributed by atoms with Crippen molar-refractivity contribution in [3.05, 3.63) is 29.3 Å². The predicted octanol–water partition coefficient (Wildman–Crippen LogP) is 4.62. The lowest BCUT2D eigenvalue weighted by molar-refractivity contribution is 0.591. The van der Waals surface area contributed by atoms with Crippen LogP contribution in [0.1, 0.15) is 40.2 Å². The molecule has 0 saturated heterocycles. The topological polar surface area (TPSA) is 12.9 Å². The molecular formula is C13H19NS. The summed E-state index contributed by atoms with van der Waals surface area (Å²) in [5.74, 6) is 0. The fourth-order valence-electron chi connectivity index (χ4n) is 1.32. The first-order valence-electron chi connectivity index (χ1n) is 5.41. The number of benzene rings is 1. The Kier molecular flexibility index (Phi) is 3.86. The van der Waals surface area contributed by atoms with Gasteiger partial charge in [0.05, 0.1) is 15.7 Å². The van der Waals surface area contributed by atoms with Gasteiger partial charge < -0.3 is 0 Å². The molecular weight excluding hydrogens is 202 g/mol. The Morgan fingerprint density at radius 1 is 1.13 bits per heavy atom. The van der Waals surface area contributed by atoms with Gasteiger partial charge in [-0.25, -0.2) is 4.98 Å². The van der Waals surface area contributed by atoms with Crippen molar-refractivity contribution < 1.29 is 0 Å². The monoisotopic (exact) mass is 221 g/mol. The predicted molar refractivity (Wildman–Crippen MR) is 69.7 cm³/mol. The van der Waals surface area contributed by atoms with E-state index in [1.54, 1.807) is 11.3 Å². The molecule has 0 aliphatic heterocycles. The van der Waals surface area contributed by atoms with E-state index in [9.17, 15) is 0 Å². The van der Waals surface area contributed by atoms with Crippen molar-refractivity contribution >= 4 is 21.6 Å². The van der Waals surface area contributed by atoms with Crippen molar-refractivity contribution in [2.45, 2.75) is 40.0 Å². The van der Waals surface area contributed by atoms with E-state index in [1.807, 2.05) is 19.4 Å². The fraction of sp³-hybridized carbons (Fsp3) is 0.462. The van der Waals surface area contributed by atoms with Crippen LogP contribution in [-0.2, 0) is 5.41 Å². The van der Waals surface area contributed by atoms with Crippen LogP contribution >= 0.6 is 11.3 Å². The smallest absolute Gasteiger partial charge is 0.0812 e. The zero-order valence-corrected chi connectivity index (χ0v) is 11.0. The molecule has 0 saturated carbocycles. The number of aromatic nitrogens is 1. The van der Waals surface area contributed by atoms with Crippen molar-refractivity contribution in [1.82, 2.24) is 4.98 Å². The van der Waals surface area contributed by atoms with Gasteiger partial charge in [-0.3, -0.25) is 0 Å². The van der Waals surface area contributed by atoms with E-state index >= 15 is 0 Å². The number of hydrogen-bond donors (Lipinski definition) is 0. The maximum Gasteiger partial charge on any atom is 0.0812 e. The Morgan fingerprint density at radius 3 is 2.40 bits per heavy atom. The first kappa shape index (κ1) is 12.2. The van der Waals surface area contributed by atoms with Crippen LogP contribution in [0.25, 0.3) is 10.2 Å². The normalized spacial score (nSPS) is 11.0. The minimum absolute atomic E-state index is 0.234. The molecule has 82 valence electrons. The summed E-state index contributed by atoms with van der Waals surface area (Å²) in [4.78, 5) is 4.26. The summed E-state index contributed by atoms with van der Waals surface area (Å²) in [5.41, 5.74) is 4.62. The van der Waals surface area contributed by atoms with Crippen molar-refractivity contribution in [3.63, 3.8) is 0 Å². The van der Waals surface area contributed by atoms with Gasteiger partial charge >= 0.3 is 0 Å². The molecule has 1 aromatic carbocycles. The first-order valence-corrected chi connectivity index (χ1v) is 6.29. The van der Waals surface area contributed by atoms with Gasteiger partial charge in [-0.2, -0.15) is 0 Å². The maximum atomic E-state index is 4.26. The molecule has 0 aliphatic rings. The van der Waals surface area contributed by atoms with Crippen LogP contribution in [0.3, 0.4) is 0 Å². The van der Waals surface area contributed by atoms with Crippen molar-refractivity contribution in [1.29, 1.82) is 0 Å². The largest absolute Gasteiger partial charge is 0.245 e. The third-order valence-corrected chi connectivity index (χ3v) is 2.99. The van der Waals surface area contributed by atoms with E-state index in [2.05, 4.69) is 44.0 Å². The zero-order valence-electron chi connectivity index (χ0n) is 10.2. The summed E-state index contributed by atoms with van der Waals surface area (Å²) in [5, 5.41) is 0. The van der Waals surface area contributed by atoms with E-state index < -0.39 is 0 Å². The summed E-state index contributed by atoms with van der Waals surface area (Å²) in [7, 11) is 0. The lowest BCUT2D eigenvalue weighted by Crippen LogP contribution is -2.10. The molecule has 0 atom stereocenters. The molecule has 2 heteroatoms. The molecule has 15 heavy (non-hydrogen) atoms. The van der Waals surface area contributed by atoms with E-state index in [4.69, 9.17) is 0 Å². The first-order chi connectivity index (χ1) is 7.07. The second kappa shape index (κ2) is 4.75. The molecule has 1 aromatic heterocycles. The minimum atomic E-state index is 0.234. The lowest BCUT2D eigenvalue weighted by Gasteiger charge is -2.18. The Labute approximate surface area is 96.2 Å². The molecule has 0 bridgehead atoms. The Morgan fingerprint density at radius 2 is 1.80 bits per heavy atom. The summed E-state index contributed by atoms with van der Waals surface area (Å²) >= 11 is 1.71. The quantitative estimate of drug-likeness (QED) is 0.632. The molecule has 0 unspecified atom stereocenters. The van der Waals surface area contributed by atoms with Crippen LogP contribution in [0.15, 0.2) is 23.7 Å². The standard InChI is InChI=1S/C11H13NS.C2H6/c1-11(2,3)8-4-5-9-10(6-8)13-7-12-9;1-2/h4-7H,1-3H3;1-2H3. The van der Waals surface area contributed by atoms with Gasteiger partial charge in [0.25, 0.3) is 0 Å². The molecule has 0 amide bonds. The third kappa shape index (κ3) is 2.78. The average molecular weight is 221 g/mol. The van der Waals surface area contributed by atoms with E-state index in [1.165, 1.54) is 10.3 Å². The van der Waals surface area contributed by atoms with Gasteiger partial charge in [0.1, 0.15) is 0 Å². The van der Waals surface area contributed by atoms with Crippen LogP contribution in [0, 0.1) is 0 Å². The average Bonchev–Trinajstić information content (AvgIpc) is 2.66. The third-order valence-electron chi connectivity index (χ3n) is 2.20. The Hall–Kier alpha value is -0.890. The van der Waals surface area contributed by atoms with Crippen LogP contribution in [0.2, 0.25) is 0 Å². The van der Waals surface area contributed by atoms with Gasteiger partial charge in [0, 0.05) is 0 Å². The molecule has 0 aliphatic carbocycles. The summed E-state index contributed by atoms with van der Waals surface area (Å²) in [6.07, 6.45) is 0. The van der Waals surface area contributed by atoms with Crippen LogP contribution in [0.5, 0.6) is 0 Å². The van der Waals surface area contributed by atoms with E-state index in [0.29, 0.717) is 0 Å². The Balaban J connectivity index is 0.000000531. The number of fused-ring (bicyclic) bond motifs is 1. The second-order valence-corrected chi connectivity index (χ2v) is 5.17. The SMILES string of the molecule is CC.CC(C)(C)c1ccc2ncsc2c1. The number of nitrogens with zero attached hydrogens (tertiary/aromatic N) is 1. The highest BCUT2D eigenvalue weighted by Gasteiger charge is 2.13. The highest BCUT2D eigenvalue weighted by atomic mass is 32.1. The summed E-state index contributed by atoms with van der Waals surface area (Å²) in [6.45, 7) is 10.7. The van der Waals surface area contributed by atoms with Gasteiger partial charge in [0.15, 0.2) is 0 Å². The molecule has 0 radical (unpaired) electrons. The zero-order chi connectivity index (χ0) is 11.5. The minimum Gasteiger partial charge on any atom is -0.245 e. The molecule has 0 fully saturated rings. The summed E-state index contributed by atoms with van der Waals surface area (Å²) in [6, 6.07) is 6.52. The molecule has 0 spiro atoms. The van der Waals surface area contributed by atoms with Crippen LogP contribution < -0.4 is 0 Å². The van der Waals surface area contributed by atoms with Crippen LogP contribution in [0.4, 0.5) is 0 Å². The highest BCUT2D eigenvalue weighted by Crippen LogP contribution is 2.27. The van der Waals surface area contributed by atoms with Crippen molar-refractivity contribution in [2.75, 3.05) is 0 Å². The number of thiazole rings is 1. The fourth-order valence-corrected chi connectivity index (χ4v) is 2.04. The van der Waals surface area contributed by atoms with Gasteiger partial charge in [0.2, 0.25) is 0 Å². The van der Waals surface area contributed by atoms with Gasteiger partial charge in [-0.15, -0.1) is 11.3 Å². The molecule has 2 rings (SSSR count). The van der Waals surface area contributed by atoms with Gasteiger partial charge in [-0.05, 0) is 23.1 Å². The number of rotatable bonds is 0. The van der Waals surface area contributed by atoms with Crippen LogP contribution in [-0.4, -0.2) is 4.98 Å². The van der Waals surface area contributed by atoms with Crippen molar-refractivity contribution in [2.24, 2.45) is 0 Å². The molecule has 0 N–H and O–H groups in total. The van der Waals surface area contributed by atoms with Gasteiger partial charge in [-0.1, -0.05) is 40.7 Å². The van der Waals surface area contributed by atoms with E-state index in [-0.39, 0.29) is 5.41 Å². The highest BCUT2D eigenvalue weighted by molar-refractivity contribution is 7.16. The molecule has 2 aromatic rings. The van der Waals surface area contributed by atoms with E-state index in [0.717, 1.165) is 5.52 Å². The van der Waals surface area contributed by atoms with Crippen molar-refractivity contribution in [3.8, 4) is 0 Å². The summed E-state index contributed by atoms with van der Waals surface area (Å²) < 4.78 is 1.28. The molecule has 1 heterocycles. The number of hydrogen-bond acceptors (Lipinski definition) is 2. The maximum absolute atomic E-state index is 4.26.